The van der Waals surface area contributed by atoms with Gasteiger partial charge in [0.25, 0.3) is 0 Å². The molecule has 0 bridgehead atoms. The molecule has 6 rings (SSSR count). The lowest BCUT2D eigenvalue weighted by molar-refractivity contribution is 0.174. The first kappa shape index (κ1) is 20.7. The van der Waals surface area contributed by atoms with Crippen molar-refractivity contribution in [2.24, 2.45) is 0 Å². The highest BCUT2D eigenvalue weighted by Crippen LogP contribution is 2.49. The smallest absolute Gasteiger partial charge is 0.231 e. The molecule has 2 aromatic rings. The third kappa shape index (κ3) is 3.61. The minimum atomic E-state index is 0.193. The van der Waals surface area contributed by atoms with Gasteiger partial charge in [0.1, 0.15) is 6.61 Å². The highest BCUT2D eigenvalue weighted by atomic mass is 16.7. The van der Waals surface area contributed by atoms with Crippen LogP contribution in [-0.4, -0.2) is 56.5 Å². The number of fused-ring (bicyclic) bond motifs is 5. The number of hydrogen-bond donors (Lipinski definition) is 0. The summed E-state index contributed by atoms with van der Waals surface area (Å²) in [5.74, 6) is 3.41. The maximum atomic E-state index is 6.45. The van der Waals surface area contributed by atoms with Gasteiger partial charge in [-0.3, -0.25) is 4.90 Å². The van der Waals surface area contributed by atoms with Gasteiger partial charge in [-0.25, -0.2) is 0 Å². The van der Waals surface area contributed by atoms with E-state index in [0.29, 0.717) is 13.4 Å². The molecule has 33 heavy (non-hydrogen) atoms. The van der Waals surface area contributed by atoms with Crippen LogP contribution in [0.2, 0.25) is 0 Å². The molecule has 0 spiro atoms. The second-order valence-corrected chi connectivity index (χ2v) is 9.36. The van der Waals surface area contributed by atoms with Gasteiger partial charge in [0.05, 0.1) is 13.2 Å². The Morgan fingerprint density at radius 1 is 1.03 bits per heavy atom. The van der Waals surface area contributed by atoms with Crippen LogP contribution >= 0.6 is 0 Å². The van der Waals surface area contributed by atoms with E-state index in [1.54, 1.807) is 7.11 Å². The number of rotatable bonds is 5. The van der Waals surface area contributed by atoms with Gasteiger partial charge < -0.3 is 23.8 Å². The molecule has 1 fully saturated rings. The number of likely N-dealkylation sites (tertiary alicyclic amines) is 1. The van der Waals surface area contributed by atoms with Crippen molar-refractivity contribution in [3.8, 4) is 23.0 Å². The predicted molar refractivity (Wildman–Crippen MR) is 128 cm³/mol. The number of nitrogens with zero attached hydrogens (tertiary/aromatic N) is 2. The van der Waals surface area contributed by atoms with Crippen molar-refractivity contribution in [1.82, 2.24) is 9.80 Å². The van der Waals surface area contributed by atoms with Crippen LogP contribution in [0.25, 0.3) is 11.8 Å². The molecule has 0 aliphatic carbocycles. The summed E-state index contributed by atoms with van der Waals surface area (Å²) in [7, 11) is 1.73. The highest BCUT2D eigenvalue weighted by Gasteiger charge is 2.34. The second-order valence-electron chi connectivity index (χ2n) is 9.36. The van der Waals surface area contributed by atoms with Crippen LogP contribution in [0.4, 0.5) is 0 Å². The molecule has 0 amide bonds. The number of hydrogen-bond acceptors (Lipinski definition) is 6. The minimum absolute atomic E-state index is 0.193. The molecule has 6 heteroatoms. The molecular weight excluding hydrogens is 416 g/mol. The van der Waals surface area contributed by atoms with E-state index >= 15 is 0 Å². The third-order valence-corrected chi connectivity index (χ3v) is 7.50. The number of piperidine rings is 1. The van der Waals surface area contributed by atoms with E-state index in [0.717, 1.165) is 42.5 Å². The Morgan fingerprint density at radius 3 is 2.67 bits per heavy atom. The lowest BCUT2D eigenvalue weighted by Gasteiger charge is -2.42. The van der Waals surface area contributed by atoms with E-state index in [9.17, 15) is 0 Å². The number of benzene rings is 2. The Kier molecular flexibility index (Phi) is 5.33. The van der Waals surface area contributed by atoms with Crippen molar-refractivity contribution in [2.75, 3.05) is 46.7 Å². The van der Waals surface area contributed by atoms with Gasteiger partial charge in [0.2, 0.25) is 6.79 Å². The van der Waals surface area contributed by atoms with Gasteiger partial charge in [0.15, 0.2) is 23.0 Å². The molecule has 0 N–H and O–H groups in total. The second kappa shape index (κ2) is 8.49. The van der Waals surface area contributed by atoms with Crippen molar-refractivity contribution >= 4 is 11.8 Å². The highest BCUT2D eigenvalue weighted by molar-refractivity contribution is 5.88. The molecule has 4 aliphatic rings. The fourth-order valence-corrected chi connectivity index (χ4v) is 5.73. The lowest BCUT2D eigenvalue weighted by atomic mass is 9.86. The van der Waals surface area contributed by atoms with Gasteiger partial charge in [-0.1, -0.05) is 12.5 Å². The van der Waals surface area contributed by atoms with Gasteiger partial charge in [-0.15, -0.1) is 0 Å². The van der Waals surface area contributed by atoms with Crippen molar-refractivity contribution < 1.29 is 18.9 Å². The molecule has 2 aromatic carbocycles. The van der Waals surface area contributed by atoms with Gasteiger partial charge in [0, 0.05) is 29.9 Å². The van der Waals surface area contributed by atoms with Gasteiger partial charge >= 0.3 is 0 Å². The maximum absolute atomic E-state index is 6.45. The zero-order valence-corrected chi connectivity index (χ0v) is 19.6. The summed E-state index contributed by atoms with van der Waals surface area (Å²) in [6, 6.07) is 8.69. The average Bonchev–Trinajstić information content (AvgIpc) is 3.31. The zero-order chi connectivity index (χ0) is 22.4. The normalized spacial score (nSPS) is 21.1. The number of ether oxygens (including phenoxy) is 4. The predicted octanol–water partition coefficient (Wildman–Crippen LogP) is 4.72. The summed E-state index contributed by atoms with van der Waals surface area (Å²) in [5, 5.41) is 0. The monoisotopic (exact) mass is 448 g/mol. The van der Waals surface area contributed by atoms with Crippen LogP contribution in [0.5, 0.6) is 23.0 Å². The SMILES string of the molecule is COc1ccc2c(c1OCCN1CCCCC1)C(C)N1CCc3cc4c(cc3C1=C2)OCO4. The Labute approximate surface area is 195 Å². The largest absolute Gasteiger partial charge is 0.493 e. The summed E-state index contributed by atoms with van der Waals surface area (Å²) in [6.07, 6.45) is 7.23. The summed E-state index contributed by atoms with van der Waals surface area (Å²) < 4.78 is 23.5. The van der Waals surface area contributed by atoms with E-state index in [1.807, 2.05) is 6.07 Å². The summed E-state index contributed by atoms with van der Waals surface area (Å²) >= 11 is 0. The van der Waals surface area contributed by atoms with Crippen LogP contribution in [0, 0.1) is 0 Å². The molecule has 4 aliphatic heterocycles. The molecule has 4 heterocycles. The first-order valence-corrected chi connectivity index (χ1v) is 12.2. The van der Waals surface area contributed by atoms with Crippen LogP contribution < -0.4 is 18.9 Å². The number of methoxy groups -OCH3 is 1. The maximum Gasteiger partial charge on any atom is 0.231 e. The van der Waals surface area contributed by atoms with Crippen LogP contribution in [0.15, 0.2) is 24.3 Å². The lowest BCUT2D eigenvalue weighted by Crippen LogP contribution is -2.35. The van der Waals surface area contributed by atoms with E-state index in [4.69, 9.17) is 18.9 Å². The molecule has 0 saturated carbocycles. The molecule has 0 aromatic heterocycles. The van der Waals surface area contributed by atoms with E-state index in [1.165, 1.54) is 60.3 Å². The zero-order valence-electron chi connectivity index (χ0n) is 19.6. The Morgan fingerprint density at radius 2 is 1.85 bits per heavy atom. The van der Waals surface area contributed by atoms with E-state index in [2.05, 4.69) is 41.0 Å². The Balaban J connectivity index is 1.34. The topological polar surface area (TPSA) is 43.4 Å². The summed E-state index contributed by atoms with van der Waals surface area (Å²) in [5.41, 5.74) is 6.24. The molecule has 1 saturated heterocycles. The Bertz CT molecular complexity index is 1090. The van der Waals surface area contributed by atoms with Crippen molar-refractivity contribution in [1.29, 1.82) is 0 Å². The average molecular weight is 449 g/mol. The third-order valence-electron chi connectivity index (χ3n) is 7.50. The first-order valence-electron chi connectivity index (χ1n) is 12.2. The van der Waals surface area contributed by atoms with Crippen LogP contribution in [0.1, 0.15) is 54.5 Å². The standard InChI is InChI=1S/C27H32N2O4/c1-18-26-20(6-7-23(30-2)27(26)31-13-12-28-9-4-3-5-10-28)14-22-21-16-25-24(32-17-33-25)15-19(21)8-11-29(18)22/h6-7,14-16,18H,3-5,8-13,17H2,1-2H3. The van der Waals surface area contributed by atoms with E-state index < -0.39 is 0 Å². The molecule has 174 valence electrons. The molecule has 1 unspecified atom stereocenters. The fraction of sp³-hybridized carbons (Fsp3) is 0.481. The quantitative estimate of drug-likeness (QED) is 0.660. The van der Waals surface area contributed by atoms with Crippen molar-refractivity contribution in [3.63, 3.8) is 0 Å². The van der Waals surface area contributed by atoms with Crippen LogP contribution in [0.3, 0.4) is 0 Å². The van der Waals surface area contributed by atoms with Crippen molar-refractivity contribution in [3.05, 3.63) is 46.5 Å². The first-order chi connectivity index (χ1) is 16.2. The molecule has 1 atom stereocenters. The Hall–Kier alpha value is -2.86. The fourth-order valence-electron chi connectivity index (χ4n) is 5.73. The van der Waals surface area contributed by atoms with Crippen LogP contribution in [-0.2, 0) is 6.42 Å². The van der Waals surface area contributed by atoms with E-state index in [-0.39, 0.29) is 6.04 Å². The van der Waals surface area contributed by atoms with Gasteiger partial charge in [-0.2, -0.15) is 0 Å². The van der Waals surface area contributed by atoms with Crippen molar-refractivity contribution in [2.45, 2.75) is 38.6 Å². The summed E-state index contributed by atoms with van der Waals surface area (Å²) in [4.78, 5) is 5.00. The molecular formula is C27H32N2O4. The molecule has 6 nitrogen and oxygen atoms in total. The molecule has 0 radical (unpaired) electrons. The minimum Gasteiger partial charge on any atom is -0.493 e. The van der Waals surface area contributed by atoms with Gasteiger partial charge in [-0.05, 0) is 74.7 Å². The summed E-state index contributed by atoms with van der Waals surface area (Å²) in [6.45, 7) is 7.56.